The number of carbonyl (C=O) groups is 1. The highest BCUT2D eigenvalue weighted by Gasteiger charge is 2.26. The van der Waals surface area contributed by atoms with E-state index in [2.05, 4.69) is 71.1 Å². The zero-order chi connectivity index (χ0) is 23.3. The highest BCUT2D eigenvalue weighted by molar-refractivity contribution is 5.72. The summed E-state index contributed by atoms with van der Waals surface area (Å²) in [6, 6.07) is 0. The third kappa shape index (κ3) is 10.8. The molecule has 0 saturated carbocycles. The van der Waals surface area contributed by atoms with Crippen molar-refractivity contribution in [3.63, 3.8) is 0 Å². The van der Waals surface area contributed by atoms with Crippen molar-refractivity contribution >= 4 is 6.29 Å². The monoisotopic (exact) mass is 416 g/mol. The van der Waals surface area contributed by atoms with Gasteiger partial charge in [-0.25, -0.2) is 0 Å². The van der Waals surface area contributed by atoms with Crippen LogP contribution in [0.2, 0.25) is 0 Å². The molecule has 1 heteroatoms. The molecule has 0 radical (unpaired) electrons. The maximum absolute atomic E-state index is 10.6. The van der Waals surface area contributed by atoms with Gasteiger partial charge in [-0.05, 0) is 70.4 Å². The minimum Gasteiger partial charge on any atom is -0.298 e. The first kappa shape index (κ1) is 26.4. The Morgan fingerprint density at radius 3 is 1.74 bits per heavy atom. The van der Waals surface area contributed by atoms with Crippen LogP contribution in [0.5, 0.6) is 0 Å². The number of carbonyl (C=O) groups excluding carboxylic acids is 1. The zero-order valence-corrected chi connectivity index (χ0v) is 20.5. The first-order chi connectivity index (χ1) is 14.7. The van der Waals surface area contributed by atoms with Gasteiger partial charge in [0.1, 0.15) is 6.29 Å². The summed E-state index contributed by atoms with van der Waals surface area (Å²) in [5.41, 5.74) is 7.62. The second-order valence-electron chi connectivity index (χ2n) is 9.13. The van der Waals surface area contributed by atoms with Gasteiger partial charge < -0.3 is 0 Å². The molecule has 0 aromatic heterocycles. The molecular formula is C30H40O. The summed E-state index contributed by atoms with van der Waals surface area (Å²) in [6.45, 7) is 15.1. The van der Waals surface area contributed by atoms with E-state index in [0.717, 1.165) is 17.4 Å². The van der Waals surface area contributed by atoms with Gasteiger partial charge in [-0.1, -0.05) is 109 Å². The molecular weight excluding hydrogens is 376 g/mol. The normalized spacial score (nSPS) is 19.6. The fraction of sp³-hybridized carbons (Fsp3) is 0.367. The van der Waals surface area contributed by atoms with Crippen LogP contribution in [-0.4, -0.2) is 6.29 Å². The first-order valence-corrected chi connectivity index (χ1v) is 11.2. The van der Waals surface area contributed by atoms with Crippen LogP contribution in [0.4, 0.5) is 0 Å². The maximum Gasteiger partial charge on any atom is 0.145 e. The van der Waals surface area contributed by atoms with E-state index in [4.69, 9.17) is 0 Å². The van der Waals surface area contributed by atoms with Crippen molar-refractivity contribution in [1.82, 2.24) is 0 Å². The fourth-order valence-corrected chi connectivity index (χ4v) is 3.55. The molecule has 0 amide bonds. The van der Waals surface area contributed by atoms with Gasteiger partial charge in [-0.15, -0.1) is 0 Å². The minimum absolute atomic E-state index is 0.286. The van der Waals surface area contributed by atoms with Gasteiger partial charge in [-0.2, -0.15) is 0 Å². The zero-order valence-electron chi connectivity index (χ0n) is 20.5. The van der Waals surface area contributed by atoms with Gasteiger partial charge in [0.05, 0.1) is 0 Å². The van der Waals surface area contributed by atoms with Crippen molar-refractivity contribution in [2.45, 2.75) is 67.7 Å². The molecule has 1 aliphatic rings. The van der Waals surface area contributed by atoms with E-state index < -0.39 is 0 Å². The van der Waals surface area contributed by atoms with Crippen LogP contribution >= 0.6 is 0 Å². The van der Waals surface area contributed by atoms with Crippen LogP contribution in [0.25, 0.3) is 0 Å². The molecule has 0 bridgehead atoms. The van der Waals surface area contributed by atoms with E-state index in [1.165, 1.54) is 41.6 Å². The summed E-state index contributed by atoms with van der Waals surface area (Å²) in [7, 11) is 0. The van der Waals surface area contributed by atoms with Crippen LogP contribution in [0.3, 0.4) is 0 Å². The standard InChI is InChI=1S/C30H40O/c1-24(13-8-9-14-25(2)16-11-18-27(4)23-31)15-10-17-26(3)20-21-29-28(5)19-12-22-30(29,6)7/h8-11,13-18,20-21,23H,12,19,22H2,1-7H3/b9-8-,15-10-,16-11-,21-20-,24-13-,25-14+,26-17-,27-18+. The van der Waals surface area contributed by atoms with Crippen molar-refractivity contribution in [3.8, 4) is 0 Å². The Labute approximate surface area is 190 Å². The number of allylic oxidation sites excluding steroid dienone is 18. The Bertz CT molecular complexity index is 887. The van der Waals surface area contributed by atoms with E-state index in [-0.39, 0.29) is 5.41 Å². The lowest BCUT2D eigenvalue weighted by atomic mass is 9.72. The van der Waals surface area contributed by atoms with E-state index in [1.807, 2.05) is 43.4 Å². The second kappa shape index (κ2) is 13.6. The lowest BCUT2D eigenvalue weighted by molar-refractivity contribution is -0.104. The molecule has 0 spiro atoms. The summed E-state index contributed by atoms with van der Waals surface area (Å²) in [5.74, 6) is 0. The van der Waals surface area contributed by atoms with Crippen molar-refractivity contribution in [1.29, 1.82) is 0 Å². The molecule has 1 nitrogen and oxygen atoms in total. The molecule has 166 valence electrons. The van der Waals surface area contributed by atoms with Gasteiger partial charge in [0.15, 0.2) is 0 Å². The van der Waals surface area contributed by atoms with E-state index in [9.17, 15) is 4.79 Å². The molecule has 0 unspecified atom stereocenters. The Morgan fingerprint density at radius 1 is 0.742 bits per heavy atom. The smallest absolute Gasteiger partial charge is 0.145 e. The highest BCUT2D eigenvalue weighted by atomic mass is 16.1. The van der Waals surface area contributed by atoms with E-state index >= 15 is 0 Å². The quantitative estimate of drug-likeness (QED) is 0.209. The van der Waals surface area contributed by atoms with Crippen molar-refractivity contribution < 1.29 is 4.79 Å². The molecule has 0 aromatic carbocycles. The molecule has 31 heavy (non-hydrogen) atoms. The van der Waals surface area contributed by atoms with E-state index in [0.29, 0.717) is 0 Å². The van der Waals surface area contributed by atoms with Crippen molar-refractivity contribution in [2.24, 2.45) is 5.41 Å². The van der Waals surface area contributed by atoms with Crippen LogP contribution in [-0.2, 0) is 4.79 Å². The minimum atomic E-state index is 0.286. The molecule has 0 heterocycles. The second-order valence-corrected chi connectivity index (χ2v) is 9.13. The fourth-order valence-electron chi connectivity index (χ4n) is 3.55. The summed E-state index contributed by atoms with van der Waals surface area (Å²) >= 11 is 0. The lowest BCUT2D eigenvalue weighted by Crippen LogP contribution is -2.19. The van der Waals surface area contributed by atoms with Gasteiger partial charge >= 0.3 is 0 Å². The Morgan fingerprint density at radius 2 is 1.23 bits per heavy atom. The predicted octanol–water partition coefficient (Wildman–Crippen LogP) is 8.72. The molecule has 0 atom stereocenters. The molecule has 0 saturated heterocycles. The molecule has 0 fully saturated rings. The van der Waals surface area contributed by atoms with Gasteiger partial charge in [0.25, 0.3) is 0 Å². The lowest BCUT2D eigenvalue weighted by Gasteiger charge is -2.32. The molecule has 0 N–H and O–H groups in total. The SMILES string of the molecule is CC1=C(\C=C/C(C)=C\C=C/C(C)=C\C=C/C=C(C)/C=C\C=C(/C)C=O)C(C)(C)CCC1. The van der Waals surface area contributed by atoms with Gasteiger partial charge in [0, 0.05) is 0 Å². The molecule has 0 aromatic rings. The summed E-state index contributed by atoms with van der Waals surface area (Å²) in [5, 5.41) is 0. The maximum atomic E-state index is 10.6. The van der Waals surface area contributed by atoms with Crippen LogP contribution in [0.15, 0.2) is 106 Å². The number of aldehydes is 1. The third-order valence-corrected chi connectivity index (χ3v) is 5.51. The summed E-state index contributed by atoms with van der Waals surface area (Å²) in [6.07, 6.45) is 29.5. The molecule has 1 aliphatic carbocycles. The Kier molecular flexibility index (Phi) is 11.6. The third-order valence-electron chi connectivity index (χ3n) is 5.51. The average Bonchev–Trinajstić information content (AvgIpc) is 2.70. The van der Waals surface area contributed by atoms with Gasteiger partial charge in [0.2, 0.25) is 0 Å². The summed E-state index contributed by atoms with van der Waals surface area (Å²) < 4.78 is 0. The topological polar surface area (TPSA) is 17.1 Å². The summed E-state index contributed by atoms with van der Waals surface area (Å²) in [4.78, 5) is 10.6. The Hall–Kier alpha value is -2.67. The molecule has 1 rings (SSSR count). The average molecular weight is 417 g/mol. The van der Waals surface area contributed by atoms with Crippen molar-refractivity contribution in [3.05, 3.63) is 106 Å². The van der Waals surface area contributed by atoms with Crippen LogP contribution < -0.4 is 0 Å². The largest absolute Gasteiger partial charge is 0.298 e. The Balaban J connectivity index is 2.65. The van der Waals surface area contributed by atoms with Crippen molar-refractivity contribution in [2.75, 3.05) is 0 Å². The molecule has 0 aliphatic heterocycles. The van der Waals surface area contributed by atoms with Crippen LogP contribution in [0.1, 0.15) is 67.7 Å². The number of hydrogen-bond acceptors (Lipinski definition) is 1. The van der Waals surface area contributed by atoms with E-state index in [1.54, 1.807) is 6.92 Å². The number of rotatable bonds is 9. The number of hydrogen-bond donors (Lipinski definition) is 0. The van der Waals surface area contributed by atoms with Crippen LogP contribution in [0, 0.1) is 5.41 Å². The predicted molar refractivity (Wildman–Crippen MR) is 138 cm³/mol. The first-order valence-electron chi connectivity index (χ1n) is 11.2. The highest BCUT2D eigenvalue weighted by Crippen LogP contribution is 2.40. The van der Waals surface area contributed by atoms with Gasteiger partial charge in [-0.3, -0.25) is 4.79 Å².